The SMILES string of the molecule is O=C1O/C=C\OC(=O)c2ccc3cc1ccc3c2. The average molecular weight is 240 g/mol. The predicted molar refractivity (Wildman–Crippen MR) is 63.9 cm³/mol. The van der Waals surface area contributed by atoms with E-state index >= 15 is 0 Å². The zero-order chi connectivity index (χ0) is 12.5. The van der Waals surface area contributed by atoms with Crippen molar-refractivity contribution in [2.75, 3.05) is 0 Å². The summed E-state index contributed by atoms with van der Waals surface area (Å²) >= 11 is 0. The lowest BCUT2D eigenvalue weighted by atomic mass is 10.0. The lowest BCUT2D eigenvalue weighted by Gasteiger charge is -2.06. The topological polar surface area (TPSA) is 52.6 Å². The minimum absolute atomic E-state index is 0.451. The van der Waals surface area contributed by atoms with E-state index in [4.69, 9.17) is 9.47 Å². The molecule has 3 aliphatic rings. The number of carbonyl (C=O) groups excluding carboxylic acids is 2. The monoisotopic (exact) mass is 240 g/mol. The van der Waals surface area contributed by atoms with Crippen molar-refractivity contribution in [1.82, 2.24) is 0 Å². The Labute approximate surface area is 102 Å². The molecular formula is C14H8O4. The van der Waals surface area contributed by atoms with Crippen molar-refractivity contribution >= 4 is 22.7 Å². The molecule has 2 aromatic carbocycles. The number of esters is 2. The lowest BCUT2D eigenvalue weighted by Crippen LogP contribution is -2.04. The fourth-order valence-electron chi connectivity index (χ4n) is 1.81. The summed E-state index contributed by atoms with van der Waals surface area (Å²) in [5.41, 5.74) is 0.901. The molecule has 18 heavy (non-hydrogen) atoms. The second-order valence-electron chi connectivity index (χ2n) is 3.86. The van der Waals surface area contributed by atoms with Crippen LogP contribution in [0.3, 0.4) is 0 Å². The van der Waals surface area contributed by atoms with Crippen molar-refractivity contribution in [2.45, 2.75) is 0 Å². The molecule has 0 spiro atoms. The largest absolute Gasteiger partial charge is 0.428 e. The summed E-state index contributed by atoms with van der Waals surface area (Å²) in [5, 5.41) is 1.73. The van der Waals surface area contributed by atoms with Crippen LogP contribution < -0.4 is 0 Å². The van der Waals surface area contributed by atoms with Gasteiger partial charge in [0.15, 0.2) is 0 Å². The zero-order valence-corrected chi connectivity index (χ0v) is 9.25. The van der Waals surface area contributed by atoms with Gasteiger partial charge in [0, 0.05) is 0 Å². The molecule has 0 fully saturated rings. The van der Waals surface area contributed by atoms with Crippen LogP contribution in [0.4, 0.5) is 0 Å². The smallest absolute Gasteiger partial charge is 0.343 e. The molecule has 88 valence electrons. The molecule has 0 aliphatic carbocycles. The Morgan fingerprint density at radius 3 is 1.56 bits per heavy atom. The third-order valence-electron chi connectivity index (χ3n) is 2.72. The Hall–Kier alpha value is -2.62. The first-order valence-electron chi connectivity index (χ1n) is 5.35. The van der Waals surface area contributed by atoms with Gasteiger partial charge in [0.05, 0.1) is 11.1 Å². The molecule has 2 aromatic rings. The van der Waals surface area contributed by atoms with Gasteiger partial charge in [-0.15, -0.1) is 0 Å². The van der Waals surface area contributed by atoms with Crippen LogP contribution in [0.15, 0.2) is 48.9 Å². The summed E-state index contributed by atoms with van der Waals surface area (Å²) in [6.07, 6.45) is 2.11. The molecule has 0 N–H and O–H groups in total. The van der Waals surface area contributed by atoms with Gasteiger partial charge in [-0.1, -0.05) is 12.1 Å². The van der Waals surface area contributed by atoms with Crippen LogP contribution in [0.5, 0.6) is 0 Å². The van der Waals surface area contributed by atoms with Crippen LogP contribution in [0.25, 0.3) is 10.8 Å². The first-order chi connectivity index (χ1) is 8.74. The normalized spacial score (nSPS) is 16.2. The van der Waals surface area contributed by atoms with E-state index in [1.807, 2.05) is 0 Å². The average Bonchev–Trinajstić information content (AvgIpc) is 2.40. The van der Waals surface area contributed by atoms with Gasteiger partial charge in [-0.25, -0.2) is 9.59 Å². The number of carbonyl (C=O) groups is 2. The summed E-state index contributed by atoms with van der Waals surface area (Å²) in [6, 6.07) is 10.3. The van der Waals surface area contributed by atoms with E-state index in [2.05, 4.69) is 0 Å². The summed E-state index contributed by atoms with van der Waals surface area (Å²) in [6.45, 7) is 0. The zero-order valence-electron chi connectivity index (χ0n) is 9.25. The third kappa shape index (κ3) is 1.73. The molecule has 0 radical (unpaired) electrons. The fraction of sp³-hybridized carbons (Fsp3) is 0. The maximum absolute atomic E-state index is 11.6. The Balaban J connectivity index is 2.26. The lowest BCUT2D eigenvalue weighted by molar-refractivity contribution is 0.0599. The highest BCUT2D eigenvalue weighted by Crippen LogP contribution is 2.19. The molecule has 0 aromatic heterocycles. The first kappa shape index (κ1) is 10.5. The van der Waals surface area contributed by atoms with E-state index in [1.165, 1.54) is 0 Å². The summed E-state index contributed by atoms with van der Waals surface area (Å²) < 4.78 is 9.63. The molecule has 0 amide bonds. The first-order valence-corrected chi connectivity index (χ1v) is 5.35. The molecule has 4 heteroatoms. The van der Waals surface area contributed by atoms with Gasteiger partial charge < -0.3 is 9.47 Å². The molecule has 4 nitrogen and oxygen atoms in total. The van der Waals surface area contributed by atoms with Crippen LogP contribution in [-0.4, -0.2) is 11.9 Å². The Morgan fingerprint density at radius 2 is 1.11 bits per heavy atom. The predicted octanol–water partition coefficient (Wildman–Crippen LogP) is 2.64. The van der Waals surface area contributed by atoms with Gasteiger partial charge in [-0.3, -0.25) is 0 Å². The second kappa shape index (κ2) is 4.00. The summed E-state index contributed by atoms with van der Waals surface area (Å²) in [7, 11) is 0. The highest BCUT2D eigenvalue weighted by Gasteiger charge is 2.11. The highest BCUT2D eigenvalue weighted by molar-refractivity contribution is 5.99. The highest BCUT2D eigenvalue weighted by atomic mass is 16.6. The molecule has 0 saturated carbocycles. The van der Waals surface area contributed by atoms with Crippen molar-refractivity contribution in [2.24, 2.45) is 0 Å². The van der Waals surface area contributed by atoms with Crippen LogP contribution >= 0.6 is 0 Å². The van der Waals surface area contributed by atoms with E-state index in [1.54, 1.807) is 36.4 Å². The number of hydrogen-bond donors (Lipinski definition) is 0. The van der Waals surface area contributed by atoms with Gasteiger partial charge in [-0.05, 0) is 35.0 Å². The molecule has 0 saturated heterocycles. The number of hydrogen-bond acceptors (Lipinski definition) is 4. The van der Waals surface area contributed by atoms with E-state index in [0.717, 1.165) is 23.3 Å². The second-order valence-corrected chi connectivity index (χ2v) is 3.86. The maximum atomic E-state index is 11.6. The third-order valence-corrected chi connectivity index (χ3v) is 2.72. The quantitative estimate of drug-likeness (QED) is 0.664. The van der Waals surface area contributed by atoms with Crippen LogP contribution in [0.2, 0.25) is 0 Å². The van der Waals surface area contributed by atoms with E-state index in [-0.39, 0.29) is 0 Å². The van der Waals surface area contributed by atoms with Gasteiger partial charge in [0.25, 0.3) is 0 Å². The molecule has 5 rings (SSSR count). The Kier molecular flexibility index (Phi) is 2.34. The number of fused-ring (bicyclic) bond motifs is 2. The Bertz CT molecular complexity index is 626. The molecule has 3 heterocycles. The van der Waals surface area contributed by atoms with E-state index in [9.17, 15) is 9.59 Å². The summed E-state index contributed by atoms with van der Waals surface area (Å²) in [5.74, 6) is -0.984. The number of rotatable bonds is 0. The van der Waals surface area contributed by atoms with Gasteiger partial charge >= 0.3 is 11.9 Å². The molecule has 0 unspecified atom stereocenters. The van der Waals surface area contributed by atoms with Crippen molar-refractivity contribution in [3.8, 4) is 0 Å². The fourth-order valence-corrected chi connectivity index (χ4v) is 1.81. The van der Waals surface area contributed by atoms with Crippen LogP contribution in [0, 0.1) is 0 Å². The van der Waals surface area contributed by atoms with Gasteiger partial charge in [0.1, 0.15) is 12.5 Å². The number of benzene rings is 2. The minimum atomic E-state index is -0.492. The van der Waals surface area contributed by atoms with Gasteiger partial charge in [0.2, 0.25) is 0 Å². The molecular weight excluding hydrogens is 232 g/mol. The Morgan fingerprint density at radius 1 is 0.667 bits per heavy atom. The number of ether oxygens (including phenoxy) is 2. The van der Waals surface area contributed by atoms with Crippen molar-refractivity contribution in [1.29, 1.82) is 0 Å². The van der Waals surface area contributed by atoms with Crippen LogP contribution in [-0.2, 0) is 9.47 Å². The van der Waals surface area contributed by atoms with Gasteiger partial charge in [-0.2, -0.15) is 0 Å². The molecule has 3 aliphatic heterocycles. The van der Waals surface area contributed by atoms with E-state index in [0.29, 0.717) is 11.1 Å². The summed E-state index contributed by atoms with van der Waals surface area (Å²) in [4.78, 5) is 23.3. The van der Waals surface area contributed by atoms with Crippen molar-refractivity contribution in [3.63, 3.8) is 0 Å². The van der Waals surface area contributed by atoms with Crippen molar-refractivity contribution < 1.29 is 19.1 Å². The van der Waals surface area contributed by atoms with Crippen molar-refractivity contribution in [3.05, 3.63) is 60.0 Å². The maximum Gasteiger partial charge on any atom is 0.343 e. The van der Waals surface area contributed by atoms with E-state index < -0.39 is 11.9 Å². The molecule has 0 atom stereocenters. The standard InChI is InChI=1S/C14H8O4/c15-13-11-3-1-9-7-12(4-2-10(9)8-11)14(16)18-6-5-17-13/h1-8H/b6-5-. The molecule has 4 bridgehead atoms. The minimum Gasteiger partial charge on any atom is -0.428 e. The van der Waals surface area contributed by atoms with Crippen LogP contribution in [0.1, 0.15) is 20.7 Å².